The van der Waals surface area contributed by atoms with Crippen LogP contribution in [0.2, 0.25) is 0 Å². The number of allylic oxidation sites excluding steroid dienone is 1. The van der Waals surface area contributed by atoms with Gasteiger partial charge in [0.2, 0.25) is 6.54 Å². The third-order valence-corrected chi connectivity index (χ3v) is 3.28. The fourth-order valence-corrected chi connectivity index (χ4v) is 2.05. The Morgan fingerprint density at radius 2 is 1.76 bits per heavy atom. The average molecular weight is 235 g/mol. The van der Waals surface area contributed by atoms with Crippen LogP contribution < -0.4 is 0 Å². The maximum Gasteiger partial charge on any atom is 0.233 e. The van der Waals surface area contributed by atoms with Gasteiger partial charge in [0.25, 0.3) is 0 Å². The van der Waals surface area contributed by atoms with Gasteiger partial charge < -0.3 is 4.85 Å². The van der Waals surface area contributed by atoms with Gasteiger partial charge in [-0.2, -0.15) is 0 Å². The van der Waals surface area contributed by atoms with Crippen molar-refractivity contribution in [2.75, 3.05) is 6.54 Å². The summed E-state index contributed by atoms with van der Waals surface area (Å²) in [6.07, 6.45) is 9.98. The molecule has 0 spiro atoms. The van der Waals surface area contributed by atoms with Gasteiger partial charge in [0.05, 0.1) is 0 Å². The van der Waals surface area contributed by atoms with Gasteiger partial charge in [0, 0.05) is 0 Å². The molecule has 0 saturated heterocycles. The van der Waals surface area contributed by atoms with E-state index in [2.05, 4.69) is 38.6 Å². The topological polar surface area (TPSA) is 4.36 Å². The van der Waals surface area contributed by atoms with E-state index in [0.717, 1.165) is 11.8 Å². The van der Waals surface area contributed by atoms with Gasteiger partial charge in [0.1, 0.15) is 0 Å². The Hall–Kier alpha value is -0.770. The van der Waals surface area contributed by atoms with Gasteiger partial charge in [-0.3, -0.25) is 0 Å². The smallest absolute Gasteiger partial charge is 0.233 e. The summed E-state index contributed by atoms with van der Waals surface area (Å²) in [6.45, 7) is 16.4. The van der Waals surface area contributed by atoms with E-state index < -0.39 is 0 Å². The highest BCUT2D eigenvalue weighted by atomic mass is 14.6. The minimum atomic E-state index is 0.551. The highest BCUT2D eigenvalue weighted by Crippen LogP contribution is 2.18. The summed E-state index contributed by atoms with van der Waals surface area (Å²) in [5.74, 6) is 1.71. The second-order valence-electron chi connectivity index (χ2n) is 5.71. The Labute approximate surface area is 108 Å². The third kappa shape index (κ3) is 11.5. The predicted octanol–water partition coefficient (Wildman–Crippen LogP) is 5.48. The molecule has 0 rings (SSSR count). The van der Waals surface area contributed by atoms with E-state index in [1.54, 1.807) is 0 Å². The average Bonchev–Trinajstić information content (AvgIpc) is 2.25. The number of nitrogens with zero attached hydrogens (tertiary/aromatic N) is 1. The molecule has 0 saturated carbocycles. The van der Waals surface area contributed by atoms with E-state index in [1.165, 1.54) is 44.1 Å². The minimum absolute atomic E-state index is 0.551. The molecule has 0 aromatic heterocycles. The van der Waals surface area contributed by atoms with Crippen molar-refractivity contribution in [1.82, 2.24) is 0 Å². The van der Waals surface area contributed by atoms with Crippen molar-refractivity contribution >= 4 is 0 Å². The lowest BCUT2D eigenvalue weighted by molar-refractivity contribution is 0.427. The summed E-state index contributed by atoms with van der Waals surface area (Å²) < 4.78 is 0. The fraction of sp³-hybridized carbons (Fsp3) is 0.812. The Morgan fingerprint density at radius 1 is 1.12 bits per heavy atom. The molecule has 0 fully saturated rings. The largest absolute Gasteiger partial charge is 0.312 e. The van der Waals surface area contributed by atoms with Crippen LogP contribution in [0.15, 0.2) is 11.6 Å². The first kappa shape index (κ1) is 16.2. The van der Waals surface area contributed by atoms with Crippen molar-refractivity contribution in [3.05, 3.63) is 23.1 Å². The van der Waals surface area contributed by atoms with Crippen LogP contribution in [0.4, 0.5) is 0 Å². The molecule has 0 aliphatic heterocycles. The van der Waals surface area contributed by atoms with Crippen molar-refractivity contribution in [3.8, 4) is 0 Å². The van der Waals surface area contributed by atoms with E-state index in [9.17, 15) is 0 Å². The maximum absolute atomic E-state index is 6.73. The highest BCUT2D eigenvalue weighted by Gasteiger charge is 2.03. The van der Waals surface area contributed by atoms with Gasteiger partial charge in [-0.15, -0.1) is 0 Å². The molecule has 0 radical (unpaired) electrons. The molecule has 0 bridgehead atoms. The van der Waals surface area contributed by atoms with Gasteiger partial charge >= 0.3 is 0 Å². The fourth-order valence-electron chi connectivity index (χ4n) is 2.05. The Morgan fingerprint density at radius 3 is 2.35 bits per heavy atom. The second kappa shape index (κ2) is 10.4. The summed E-state index contributed by atoms with van der Waals surface area (Å²) in [6, 6.07) is 0. The molecule has 0 aliphatic carbocycles. The second-order valence-corrected chi connectivity index (χ2v) is 5.71. The molecular weight excluding hydrogens is 206 g/mol. The molecule has 0 aliphatic rings. The monoisotopic (exact) mass is 235 g/mol. The Bertz CT molecular complexity index is 245. The van der Waals surface area contributed by atoms with Crippen LogP contribution in [0.5, 0.6) is 0 Å². The van der Waals surface area contributed by atoms with Crippen molar-refractivity contribution in [2.45, 2.75) is 66.2 Å². The molecule has 0 heterocycles. The van der Waals surface area contributed by atoms with Gasteiger partial charge in [-0.05, 0) is 37.7 Å². The molecule has 0 aromatic rings. The number of hydrogen-bond acceptors (Lipinski definition) is 0. The molecule has 0 aromatic carbocycles. The summed E-state index contributed by atoms with van der Waals surface area (Å²) in [7, 11) is 0. The molecule has 1 unspecified atom stereocenters. The van der Waals surface area contributed by atoms with Gasteiger partial charge in [-0.25, -0.2) is 6.57 Å². The first-order valence-electron chi connectivity index (χ1n) is 7.05. The normalized spacial score (nSPS) is 13.8. The van der Waals surface area contributed by atoms with E-state index in [1.807, 2.05) is 0 Å². The van der Waals surface area contributed by atoms with Crippen LogP contribution >= 0.6 is 0 Å². The SMILES string of the molecule is [C-]#[N+]CC=C(C)CCCC(C)CCCC(C)C. The van der Waals surface area contributed by atoms with Gasteiger partial charge in [-0.1, -0.05) is 52.0 Å². The van der Waals surface area contributed by atoms with Crippen LogP contribution in [-0.2, 0) is 0 Å². The lowest BCUT2D eigenvalue weighted by atomic mass is 9.94. The van der Waals surface area contributed by atoms with Crippen LogP contribution in [0.3, 0.4) is 0 Å². The van der Waals surface area contributed by atoms with Crippen LogP contribution in [0.1, 0.15) is 66.2 Å². The van der Waals surface area contributed by atoms with Crippen molar-refractivity contribution in [3.63, 3.8) is 0 Å². The zero-order chi connectivity index (χ0) is 13.1. The van der Waals surface area contributed by atoms with Crippen molar-refractivity contribution in [1.29, 1.82) is 0 Å². The van der Waals surface area contributed by atoms with E-state index >= 15 is 0 Å². The van der Waals surface area contributed by atoms with Gasteiger partial charge in [0.15, 0.2) is 0 Å². The molecule has 98 valence electrons. The highest BCUT2D eigenvalue weighted by molar-refractivity contribution is 5.01. The molecule has 1 heteroatoms. The molecule has 0 N–H and O–H groups in total. The van der Waals surface area contributed by atoms with Crippen LogP contribution in [-0.4, -0.2) is 6.54 Å². The summed E-state index contributed by atoms with van der Waals surface area (Å²) in [4.78, 5) is 3.35. The first-order valence-corrected chi connectivity index (χ1v) is 7.05. The number of rotatable bonds is 9. The lowest BCUT2D eigenvalue weighted by Crippen LogP contribution is -1.97. The Kier molecular flexibility index (Phi) is 9.92. The minimum Gasteiger partial charge on any atom is -0.312 e. The molecule has 17 heavy (non-hydrogen) atoms. The van der Waals surface area contributed by atoms with E-state index in [0.29, 0.717) is 6.54 Å². The quantitative estimate of drug-likeness (QED) is 0.368. The van der Waals surface area contributed by atoms with Crippen molar-refractivity contribution < 1.29 is 0 Å². The summed E-state index contributed by atoms with van der Waals surface area (Å²) in [5.41, 5.74) is 1.38. The molecule has 1 atom stereocenters. The summed E-state index contributed by atoms with van der Waals surface area (Å²) in [5, 5.41) is 0. The van der Waals surface area contributed by atoms with Crippen molar-refractivity contribution in [2.24, 2.45) is 11.8 Å². The lowest BCUT2D eigenvalue weighted by Gasteiger charge is -2.12. The standard InChI is InChI=1S/C16H29N/c1-14(2)8-6-9-15(3)10-7-11-16(4)12-13-17-5/h12,14-15H,6-11,13H2,1-4H3. The summed E-state index contributed by atoms with van der Waals surface area (Å²) >= 11 is 0. The Balaban J connectivity index is 3.51. The zero-order valence-electron chi connectivity index (χ0n) is 12.1. The third-order valence-electron chi connectivity index (χ3n) is 3.28. The first-order chi connectivity index (χ1) is 8.06. The van der Waals surface area contributed by atoms with E-state index in [-0.39, 0.29) is 0 Å². The molecule has 1 nitrogen and oxygen atoms in total. The maximum atomic E-state index is 6.73. The van der Waals surface area contributed by atoms with Crippen LogP contribution in [0.25, 0.3) is 4.85 Å². The molecule has 0 amide bonds. The van der Waals surface area contributed by atoms with E-state index in [4.69, 9.17) is 6.57 Å². The molecular formula is C16H29N. The number of hydrogen-bond donors (Lipinski definition) is 0. The predicted molar refractivity (Wildman–Crippen MR) is 76.9 cm³/mol. The zero-order valence-corrected chi connectivity index (χ0v) is 12.1. The van der Waals surface area contributed by atoms with Crippen LogP contribution in [0, 0.1) is 18.4 Å².